The molecule has 3 nitrogen and oxygen atoms in total. The van der Waals surface area contributed by atoms with Crippen LogP contribution in [0.25, 0.3) is 0 Å². The molecule has 0 heterocycles. The third kappa shape index (κ3) is 3.04. The summed E-state index contributed by atoms with van der Waals surface area (Å²) in [5, 5.41) is 0. The molecule has 0 aromatic heterocycles. The number of hydrogen-bond donors (Lipinski definition) is 1. The molecule has 0 bridgehead atoms. The average molecular weight is 227 g/mol. The lowest BCUT2D eigenvalue weighted by Crippen LogP contribution is -2.12. The van der Waals surface area contributed by atoms with E-state index in [1.165, 1.54) is 0 Å². The molecule has 1 aromatic carbocycles. The zero-order chi connectivity index (χ0) is 11.3. The van der Waals surface area contributed by atoms with Crippen molar-refractivity contribution in [1.82, 2.24) is 0 Å². The molecule has 1 aromatic rings. The van der Waals surface area contributed by atoms with E-state index in [1.54, 1.807) is 26.0 Å². The maximum absolute atomic E-state index is 6.00. The second-order valence-electron chi connectivity index (χ2n) is 3.18. The largest absolute Gasteiger partial charge is 0.493 e. The highest BCUT2D eigenvalue weighted by molar-refractivity contribution is 7.98. The van der Waals surface area contributed by atoms with Gasteiger partial charge in [-0.1, -0.05) is 6.07 Å². The van der Waals surface area contributed by atoms with Crippen molar-refractivity contribution in [3.8, 4) is 11.5 Å². The highest BCUT2D eigenvalue weighted by atomic mass is 32.2. The number of benzene rings is 1. The van der Waals surface area contributed by atoms with Gasteiger partial charge in [-0.25, -0.2) is 0 Å². The van der Waals surface area contributed by atoms with Crippen molar-refractivity contribution in [3.63, 3.8) is 0 Å². The van der Waals surface area contributed by atoms with Crippen molar-refractivity contribution in [2.75, 3.05) is 26.2 Å². The van der Waals surface area contributed by atoms with Crippen LogP contribution in [-0.4, -0.2) is 26.2 Å². The predicted molar refractivity (Wildman–Crippen MR) is 64.9 cm³/mol. The number of methoxy groups -OCH3 is 2. The van der Waals surface area contributed by atoms with Crippen molar-refractivity contribution in [2.45, 2.75) is 6.04 Å². The Hall–Kier alpha value is -0.870. The summed E-state index contributed by atoms with van der Waals surface area (Å²) < 4.78 is 10.4. The van der Waals surface area contributed by atoms with Gasteiger partial charge in [0.15, 0.2) is 11.5 Å². The molecule has 4 heteroatoms. The van der Waals surface area contributed by atoms with Gasteiger partial charge in [-0.05, 0) is 24.0 Å². The smallest absolute Gasteiger partial charge is 0.161 e. The van der Waals surface area contributed by atoms with Crippen LogP contribution in [-0.2, 0) is 0 Å². The van der Waals surface area contributed by atoms with E-state index < -0.39 is 0 Å². The van der Waals surface area contributed by atoms with E-state index in [-0.39, 0.29) is 6.04 Å². The fourth-order valence-electron chi connectivity index (χ4n) is 1.36. The summed E-state index contributed by atoms with van der Waals surface area (Å²) in [6.07, 6.45) is 2.04. The van der Waals surface area contributed by atoms with E-state index in [0.29, 0.717) is 0 Å². The maximum atomic E-state index is 6.00. The Morgan fingerprint density at radius 2 is 1.93 bits per heavy atom. The molecule has 0 radical (unpaired) electrons. The summed E-state index contributed by atoms with van der Waals surface area (Å²) >= 11 is 1.73. The molecule has 2 N–H and O–H groups in total. The molecule has 1 unspecified atom stereocenters. The molecule has 0 saturated carbocycles. The molecule has 15 heavy (non-hydrogen) atoms. The second-order valence-corrected chi connectivity index (χ2v) is 4.09. The highest BCUT2D eigenvalue weighted by Gasteiger charge is 2.09. The van der Waals surface area contributed by atoms with E-state index in [0.717, 1.165) is 22.8 Å². The topological polar surface area (TPSA) is 44.5 Å². The lowest BCUT2D eigenvalue weighted by atomic mass is 10.1. The third-order valence-corrected chi connectivity index (χ3v) is 2.87. The number of ether oxygens (including phenoxy) is 2. The minimum absolute atomic E-state index is 0.0415. The standard InChI is InChI=1S/C11H17NO2S/c1-13-10-5-4-8(6-11(10)14-2)9(12)7-15-3/h4-6,9H,7,12H2,1-3H3. The highest BCUT2D eigenvalue weighted by Crippen LogP contribution is 2.29. The minimum Gasteiger partial charge on any atom is -0.493 e. The molecule has 0 fully saturated rings. The summed E-state index contributed by atoms with van der Waals surface area (Å²) in [6.45, 7) is 0. The van der Waals surface area contributed by atoms with E-state index >= 15 is 0 Å². The molecule has 0 amide bonds. The van der Waals surface area contributed by atoms with Gasteiger partial charge in [-0.2, -0.15) is 11.8 Å². The first-order valence-electron chi connectivity index (χ1n) is 4.69. The first kappa shape index (κ1) is 12.2. The summed E-state index contributed by atoms with van der Waals surface area (Å²) in [4.78, 5) is 0. The molecule has 1 rings (SSSR count). The van der Waals surface area contributed by atoms with Crippen molar-refractivity contribution in [2.24, 2.45) is 5.73 Å². The van der Waals surface area contributed by atoms with Crippen LogP contribution >= 0.6 is 11.8 Å². The second kappa shape index (κ2) is 5.88. The molecule has 0 spiro atoms. The Bertz CT molecular complexity index is 317. The van der Waals surface area contributed by atoms with Gasteiger partial charge in [-0.15, -0.1) is 0 Å². The number of thioether (sulfide) groups is 1. The quantitative estimate of drug-likeness (QED) is 0.836. The van der Waals surface area contributed by atoms with Gasteiger partial charge in [-0.3, -0.25) is 0 Å². The van der Waals surface area contributed by atoms with Crippen LogP contribution < -0.4 is 15.2 Å². The Kier molecular flexibility index (Phi) is 4.78. The summed E-state index contributed by atoms with van der Waals surface area (Å²) in [5.41, 5.74) is 7.07. The van der Waals surface area contributed by atoms with Gasteiger partial charge in [0, 0.05) is 11.8 Å². The monoisotopic (exact) mass is 227 g/mol. The average Bonchev–Trinajstić information content (AvgIpc) is 2.28. The first-order valence-corrected chi connectivity index (χ1v) is 6.08. The van der Waals surface area contributed by atoms with Crippen molar-refractivity contribution < 1.29 is 9.47 Å². The zero-order valence-corrected chi connectivity index (χ0v) is 10.1. The number of hydrogen-bond acceptors (Lipinski definition) is 4. The minimum atomic E-state index is 0.0415. The van der Waals surface area contributed by atoms with Crippen LogP contribution in [0.5, 0.6) is 11.5 Å². The zero-order valence-electron chi connectivity index (χ0n) is 9.32. The van der Waals surface area contributed by atoms with Crippen LogP contribution in [0, 0.1) is 0 Å². The normalized spacial score (nSPS) is 12.3. The molecular weight excluding hydrogens is 210 g/mol. The van der Waals surface area contributed by atoms with Crippen LogP contribution in [0.1, 0.15) is 11.6 Å². The molecule has 1 atom stereocenters. The Labute approximate surface area is 94.9 Å². The molecular formula is C11H17NO2S. The predicted octanol–water partition coefficient (Wildman–Crippen LogP) is 2.07. The molecule has 0 aliphatic rings. The summed E-state index contributed by atoms with van der Waals surface area (Å²) in [5.74, 6) is 2.36. The maximum Gasteiger partial charge on any atom is 0.161 e. The van der Waals surface area contributed by atoms with Crippen LogP contribution in [0.2, 0.25) is 0 Å². The van der Waals surface area contributed by atoms with Crippen molar-refractivity contribution >= 4 is 11.8 Å². The molecule has 0 aliphatic carbocycles. The van der Waals surface area contributed by atoms with Crippen LogP contribution in [0.15, 0.2) is 18.2 Å². The SMILES string of the molecule is COc1ccc(C(N)CSC)cc1OC. The fraction of sp³-hybridized carbons (Fsp3) is 0.455. The van der Waals surface area contributed by atoms with Gasteiger partial charge in [0.1, 0.15) is 0 Å². The Balaban J connectivity index is 2.92. The van der Waals surface area contributed by atoms with Crippen molar-refractivity contribution in [1.29, 1.82) is 0 Å². The van der Waals surface area contributed by atoms with Gasteiger partial charge in [0.25, 0.3) is 0 Å². The third-order valence-electron chi connectivity index (χ3n) is 2.18. The number of rotatable bonds is 5. The molecule has 84 valence electrons. The Morgan fingerprint density at radius 1 is 1.27 bits per heavy atom. The summed E-state index contributed by atoms with van der Waals surface area (Å²) in [7, 11) is 3.25. The van der Waals surface area contributed by atoms with Crippen LogP contribution in [0.4, 0.5) is 0 Å². The van der Waals surface area contributed by atoms with E-state index in [4.69, 9.17) is 15.2 Å². The molecule has 0 saturated heterocycles. The van der Waals surface area contributed by atoms with E-state index in [9.17, 15) is 0 Å². The van der Waals surface area contributed by atoms with E-state index in [2.05, 4.69) is 0 Å². The van der Waals surface area contributed by atoms with Crippen LogP contribution in [0.3, 0.4) is 0 Å². The number of nitrogens with two attached hydrogens (primary N) is 1. The van der Waals surface area contributed by atoms with Gasteiger partial charge < -0.3 is 15.2 Å². The lowest BCUT2D eigenvalue weighted by molar-refractivity contribution is 0.354. The van der Waals surface area contributed by atoms with Gasteiger partial charge in [0.2, 0.25) is 0 Å². The fourth-order valence-corrected chi connectivity index (χ4v) is 1.91. The Morgan fingerprint density at radius 3 is 2.47 bits per heavy atom. The lowest BCUT2D eigenvalue weighted by Gasteiger charge is -2.13. The van der Waals surface area contributed by atoms with Gasteiger partial charge >= 0.3 is 0 Å². The summed E-state index contributed by atoms with van der Waals surface area (Å²) in [6, 6.07) is 5.83. The molecule has 0 aliphatic heterocycles. The van der Waals surface area contributed by atoms with Gasteiger partial charge in [0.05, 0.1) is 14.2 Å². The first-order chi connectivity index (χ1) is 7.22. The van der Waals surface area contributed by atoms with Crippen molar-refractivity contribution in [3.05, 3.63) is 23.8 Å². The van der Waals surface area contributed by atoms with E-state index in [1.807, 2.05) is 24.5 Å².